The minimum atomic E-state index is -0.762. The Hall–Kier alpha value is -3.42. The molecule has 0 bridgehead atoms. The summed E-state index contributed by atoms with van der Waals surface area (Å²) >= 11 is 0. The van der Waals surface area contributed by atoms with Gasteiger partial charge in [-0.2, -0.15) is 0 Å². The fraction of sp³-hybridized carbons (Fsp3) is 0.176. The Labute approximate surface area is 142 Å². The summed E-state index contributed by atoms with van der Waals surface area (Å²) in [7, 11) is 1.55. The van der Waals surface area contributed by atoms with Crippen molar-refractivity contribution in [3.8, 4) is 5.75 Å². The number of non-ortho nitro benzene ring substituents is 1. The lowest BCUT2D eigenvalue weighted by Gasteiger charge is -2.11. The van der Waals surface area contributed by atoms with Gasteiger partial charge >= 0.3 is 5.97 Å². The third-order valence-corrected chi connectivity index (χ3v) is 3.81. The van der Waals surface area contributed by atoms with Crippen LogP contribution < -0.4 is 10.1 Å². The second-order valence-electron chi connectivity index (χ2n) is 5.40. The molecule has 25 heavy (non-hydrogen) atoms. The molecule has 1 N–H and O–H groups in total. The first-order valence-corrected chi connectivity index (χ1v) is 7.41. The number of cyclic esters (lactones) is 1. The Morgan fingerprint density at radius 3 is 2.64 bits per heavy atom. The quantitative estimate of drug-likeness (QED) is 0.508. The number of esters is 1. The van der Waals surface area contributed by atoms with Crippen LogP contribution in [0.1, 0.15) is 28.4 Å². The van der Waals surface area contributed by atoms with Gasteiger partial charge in [0.15, 0.2) is 0 Å². The number of hydrogen-bond acceptors (Lipinski definition) is 6. The van der Waals surface area contributed by atoms with E-state index in [1.807, 2.05) is 0 Å². The first-order chi connectivity index (χ1) is 12.0. The summed E-state index contributed by atoms with van der Waals surface area (Å²) in [5.41, 5.74) is 0.981. The molecule has 128 valence electrons. The van der Waals surface area contributed by atoms with Crippen LogP contribution in [-0.2, 0) is 9.53 Å². The Bertz CT molecular complexity index is 847. The van der Waals surface area contributed by atoms with E-state index in [1.54, 1.807) is 31.4 Å². The van der Waals surface area contributed by atoms with Gasteiger partial charge in [-0.25, -0.2) is 4.79 Å². The molecule has 0 radical (unpaired) electrons. The van der Waals surface area contributed by atoms with Gasteiger partial charge in [0.1, 0.15) is 11.9 Å². The number of carbonyl (C=O) groups is 2. The number of methoxy groups -OCH3 is 1. The monoisotopic (exact) mass is 342 g/mol. The summed E-state index contributed by atoms with van der Waals surface area (Å²) in [5, 5.41) is 13.5. The van der Waals surface area contributed by atoms with Crippen LogP contribution in [0.3, 0.4) is 0 Å². The van der Waals surface area contributed by atoms with Crippen molar-refractivity contribution in [3.05, 3.63) is 63.7 Å². The molecule has 0 saturated heterocycles. The number of rotatable bonds is 5. The van der Waals surface area contributed by atoms with Crippen molar-refractivity contribution in [2.24, 2.45) is 0 Å². The normalized spacial score (nSPS) is 15.2. The van der Waals surface area contributed by atoms with Gasteiger partial charge in [0.05, 0.1) is 24.0 Å². The van der Waals surface area contributed by atoms with Gasteiger partial charge in [0, 0.05) is 23.4 Å². The summed E-state index contributed by atoms with van der Waals surface area (Å²) in [6.07, 6.45) is -0.843. The molecule has 1 aliphatic heterocycles. The fourth-order valence-electron chi connectivity index (χ4n) is 2.58. The van der Waals surface area contributed by atoms with Gasteiger partial charge in [0.2, 0.25) is 5.91 Å². The Morgan fingerprint density at radius 1 is 1.28 bits per heavy atom. The lowest BCUT2D eigenvalue weighted by molar-refractivity contribution is -0.384. The van der Waals surface area contributed by atoms with Crippen molar-refractivity contribution in [2.45, 2.75) is 12.5 Å². The van der Waals surface area contributed by atoms with Crippen LogP contribution >= 0.6 is 0 Å². The molecule has 1 heterocycles. The zero-order chi connectivity index (χ0) is 18.0. The molecule has 3 rings (SSSR count). The van der Waals surface area contributed by atoms with Crippen LogP contribution in [0.4, 0.5) is 11.4 Å². The average Bonchev–Trinajstić information content (AvgIpc) is 2.90. The van der Waals surface area contributed by atoms with Crippen LogP contribution in [-0.4, -0.2) is 23.9 Å². The molecule has 0 aliphatic carbocycles. The maximum atomic E-state index is 12.2. The van der Waals surface area contributed by atoms with Crippen LogP contribution in [0.2, 0.25) is 0 Å². The highest BCUT2D eigenvalue weighted by atomic mass is 16.6. The molecule has 1 amide bonds. The maximum Gasteiger partial charge on any atom is 0.339 e. The number of amides is 1. The maximum absolute atomic E-state index is 12.2. The van der Waals surface area contributed by atoms with Gasteiger partial charge in [0.25, 0.3) is 5.69 Å². The largest absolute Gasteiger partial charge is 0.497 e. The number of nitro benzene ring substituents is 1. The minimum Gasteiger partial charge on any atom is -0.497 e. The van der Waals surface area contributed by atoms with Gasteiger partial charge in [-0.05, 0) is 30.3 Å². The van der Waals surface area contributed by atoms with E-state index in [0.29, 0.717) is 17.0 Å². The van der Waals surface area contributed by atoms with E-state index < -0.39 is 17.0 Å². The molecule has 1 aliphatic rings. The van der Waals surface area contributed by atoms with E-state index in [1.165, 1.54) is 18.2 Å². The number of ether oxygens (including phenoxy) is 2. The molecule has 8 heteroatoms. The third-order valence-electron chi connectivity index (χ3n) is 3.81. The number of hydrogen-bond donors (Lipinski definition) is 1. The molecular weight excluding hydrogens is 328 g/mol. The zero-order valence-electron chi connectivity index (χ0n) is 13.2. The highest BCUT2D eigenvalue weighted by Gasteiger charge is 2.34. The molecule has 1 atom stereocenters. The Morgan fingerprint density at radius 2 is 2.00 bits per heavy atom. The summed E-state index contributed by atoms with van der Waals surface area (Å²) in [6.45, 7) is 0. The molecule has 8 nitrogen and oxygen atoms in total. The van der Waals surface area contributed by atoms with E-state index in [2.05, 4.69) is 5.32 Å². The Balaban J connectivity index is 1.70. The molecule has 0 saturated carbocycles. The van der Waals surface area contributed by atoms with E-state index >= 15 is 0 Å². The minimum absolute atomic E-state index is 0.0808. The predicted octanol–water partition coefficient (Wildman–Crippen LogP) is 2.84. The second kappa shape index (κ2) is 6.60. The summed E-state index contributed by atoms with van der Waals surface area (Å²) < 4.78 is 10.2. The predicted molar refractivity (Wildman–Crippen MR) is 87.5 cm³/mol. The molecule has 0 aromatic heterocycles. The van der Waals surface area contributed by atoms with Crippen molar-refractivity contribution in [2.75, 3.05) is 12.4 Å². The standard InChI is InChI=1S/C17H14N2O6/c1-24-12-5-2-10(3-6-12)18-16(20)9-15-13-7-4-11(19(22)23)8-14(13)17(21)25-15/h2-8,15H,9H2,1H3,(H,18,20)/t15-/m1/s1. The van der Waals surface area contributed by atoms with Crippen LogP contribution in [0, 0.1) is 10.1 Å². The van der Waals surface area contributed by atoms with Crippen LogP contribution in [0.5, 0.6) is 5.75 Å². The molecular formula is C17H14N2O6. The number of anilines is 1. The lowest BCUT2D eigenvalue weighted by atomic mass is 10.0. The lowest BCUT2D eigenvalue weighted by Crippen LogP contribution is -2.15. The first kappa shape index (κ1) is 16.4. The molecule has 2 aromatic carbocycles. The molecule has 0 spiro atoms. The highest BCUT2D eigenvalue weighted by Crippen LogP contribution is 2.35. The van der Waals surface area contributed by atoms with Crippen molar-refractivity contribution >= 4 is 23.3 Å². The van der Waals surface area contributed by atoms with Crippen LogP contribution in [0.25, 0.3) is 0 Å². The third kappa shape index (κ3) is 3.42. The molecule has 2 aromatic rings. The average molecular weight is 342 g/mol. The summed E-state index contributed by atoms with van der Waals surface area (Å²) in [4.78, 5) is 34.3. The van der Waals surface area contributed by atoms with Crippen molar-refractivity contribution < 1.29 is 24.0 Å². The fourth-order valence-corrected chi connectivity index (χ4v) is 2.58. The molecule has 0 unspecified atom stereocenters. The first-order valence-electron chi connectivity index (χ1n) is 7.41. The van der Waals surface area contributed by atoms with E-state index in [4.69, 9.17) is 9.47 Å². The summed E-state index contributed by atoms with van der Waals surface area (Å²) in [5.74, 6) is -0.339. The summed E-state index contributed by atoms with van der Waals surface area (Å²) in [6, 6.07) is 10.7. The smallest absolute Gasteiger partial charge is 0.339 e. The second-order valence-corrected chi connectivity index (χ2v) is 5.40. The number of fused-ring (bicyclic) bond motifs is 1. The van der Waals surface area contributed by atoms with Gasteiger partial charge in [-0.1, -0.05) is 0 Å². The number of carbonyl (C=O) groups excluding carboxylic acids is 2. The van der Waals surface area contributed by atoms with Gasteiger partial charge in [-0.3, -0.25) is 14.9 Å². The molecule has 0 fully saturated rings. The highest BCUT2D eigenvalue weighted by molar-refractivity contribution is 5.97. The van der Waals surface area contributed by atoms with Crippen LogP contribution in [0.15, 0.2) is 42.5 Å². The van der Waals surface area contributed by atoms with Gasteiger partial charge in [-0.15, -0.1) is 0 Å². The van der Waals surface area contributed by atoms with Crippen molar-refractivity contribution in [1.82, 2.24) is 0 Å². The zero-order valence-corrected chi connectivity index (χ0v) is 13.2. The number of nitrogens with zero attached hydrogens (tertiary/aromatic N) is 1. The topological polar surface area (TPSA) is 108 Å². The van der Waals surface area contributed by atoms with Crippen molar-refractivity contribution in [3.63, 3.8) is 0 Å². The number of nitrogens with one attached hydrogen (secondary N) is 1. The van der Waals surface area contributed by atoms with E-state index in [9.17, 15) is 19.7 Å². The SMILES string of the molecule is COc1ccc(NC(=O)C[C@H]2OC(=O)c3cc([N+](=O)[O-])ccc32)cc1. The van der Waals surface area contributed by atoms with Crippen molar-refractivity contribution in [1.29, 1.82) is 0 Å². The van der Waals surface area contributed by atoms with E-state index in [0.717, 1.165) is 0 Å². The van der Waals surface area contributed by atoms with E-state index in [-0.39, 0.29) is 23.6 Å². The Kier molecular flexibility index (Phi) is 4.34. The number of nitro groups is 1. The van der Waals surface area contributed by atoms with Gasteiger partial charge < -0.3 is 14.8 Å². The number of benzene rings is 2.